The predicted octanol–water partition coefficient (Wildman–Crippen LogP) is 1.20. The van der Waals surface area contributed by atoms with Crippen LogP contribution in [0.15, 0.2) is 0 Å². The van der Waals surface area contributed by atoms with E-state index in [-0.39, 0.29) is 12.4 Å². The summed E-state index contributed by atoms with van der Waals surface area (Å²) in [4.78, 5) is 10.6. The topological polar surface area (TPSA) is 35.5 Å². The lowest BCUT2D eigenvalue weighted by atomic mass is 10.5. The molecule has 0 saturated heterocycles. The zero-order chi connectivity index (χ0) is 8.53. The van der Waals surface area contributed by atoms with Crippen LogP contribution in [-0.2, 0) is 14.3 Å². The molecule has 0 unspecified atom stereocenters. The maximum Gasteiger partial charge on any atom is 0.307 e. The summed E-state index contributed by atoms with van der Waals surface area (Å²) in [5, 5.41) is 0. The normalized spacial score (nSPS) is 9.64. The highest BCUT2D eigenvalue weighted by Gasteiger charge is 1.99. The van der Waals surface area contributed by atoms with Crippen molar-refractivity contribution in [3.63, 3.8) is 0 Å². The first-order chi connectivity index (χ1) is 5.31. The standard InChI is InChI=1S/C7H13ClO3/c1-2-10-5-6-11-7(9)3-4-8/h2-6H2,1H3. The summed E-state index contributed by atoms with van der Waals surface area (Å²) >= 11 is 5.30. The third-order valence-electron chi connectivity index (χ3n) is 0.993. The number of hydrogen-bond acceptors (Lipinski definition) is 3. The quantitative estimate of drug-likeness (QED) is 0.350. The van der Waals surface area contributed by atoms with E-state index in [1.807, 2.05) is 6.92 Å². The van der Waals surface area contributed by atoms with Crippen molar-refractivity contribution < 1.29 is 14.3 Å². The fourth-order valence-electron chi connectivity index (χ4n) is 0.508. The smallest absolute Gasteiger partial charge is 0.307 e. The van der Waals surface area contributed by atoms with Crippen molar-refractivity contribution in [3.8, 4) is 0 Å². The molecule has 0 saturated carbocycles. The van der Waals surface area contributed by atoms with Crippen molar-refractivity contribution in [3.05, 3.63) is 0 Å². The first-order valence-electron chi connectivity index (χ1n) is 3.60. The van der Waals surface area contributed by atoms with Gasteiger partial charge in [0.05, 0.1) is 13.0 Å². The van der Waals surface area contributed by atoms with Crippen molar-refractivity contribution in [1.82, 2.24) is 0 Å². The van der Waals surface area contributed by atoms with Crippen LogP contribution >= 0.6 is 11.6 Å². The molecule has 3 nitrogen and oxygen atoms in total. The van der Waals surface area contributed by atoms with Gasteiger partial charge in [0, 0.05) is 12.5 Å². The highest BCUT2D eigenvalue weighted by Crippen LogP contribution is 1.89. The number of rotatable bonds is 6. The molecule has 0 spiro atoms. The van der Waals surface area contributed by atoms with Gasteiger partial charge in [0.2, 0.25) is 0 Å². The van der Waals surface area contributed by atoms with Crippen LogP contribution in [0, 0.1) is 0 Å². The van der Waals surface area contributed by atoms with E-state index in [0.717, 1.165) is 0 Å². The second-order valence-electron chi connectivity index (χ2n) is 1.86. The molecule has 0 aliphatic rings. The number of carbonyl (C=O) groups is 1. The number of carbonyl (C=O) groups excluding carboxylic acids is 1. The van der Waals surface area contributed by atoms with E-state index in [1.165, 1.54) is 0 Å². The van der Waals surface area contributed by atoms with Crippen LogP contribution < -0.4 is 0 Å². The van der Waals surface area contributed by atoms with Gasteiger partial charge in [-0.05, 0) is 6.92 Å². The summed E-state index contributed by atoms with van der Waals surface area (Å²) in [7, 11) is 0. The second-order valence-corrected chi connectivity index (χ2v) is 2.23. The molecule has 0 N–H and O–H groups in total. The highest BCUT2D eigenvalue weighted by atomic mass is 35.5. The number of esters is 1. The van der Waals surface area contributed by atoms with Gasteiger partial charge in [-0.3, -0.25) is 4.79 Å². The molecule has 0 radical (unpaired) electrons. The van der Waals surface area contributed by atoms with Crippen LogP contribution in [-0.4, -0.2) is 31.7 Å². The monoisotopic (exact) mass is 180 g/mol. The highest BCUT2D eigenvalue weighted by molar-refractivity contribution is 6.18. The van der Waals surface area contributed by atoms with Crippen LogP contribution in [0.5, 0.6) is 0 Å². The van der Waals surface area contributed by atoms with Gasteiger partial charge in [-0.15, -0.1) is 11.6 Å². The van der Waals surface area contributed by atoms with Crippen LogP contribution in [0.4, 0.5) is 0 Å². The lowest BCUT2D eigenvalue weighted by molar-refractivity contribution is -0.144. The summed E-state index contributed by atoms with van der Waals surface area (Å²) in [6, 6.07) is 0. The largest absolute Gasteiger partial charge is 0.463 e. The van der Waals surface area contributed by atoms with E-state index in [9.17, 15) is 4.79 Å². The molecule has 0 heterocycles. The average molecular weight is 181 g/mol. The Kier molecular flexibility index (Phi) is 7.62. The third-order valence-corrected chi connectivity index (χ3v) is 1.18. The number of halogens is 1. The van der Waals surface area contributed by atoms with Gasteiger partial charge in [-0.1, -0.05) is 0 Å². The molecule has 0 atom stereocenters. The van der Waals surface area contributed by atoms with Crippen molar-refractivity contribution in [2.45, 2.75) is 13.3 Å². The Bertz CT molecular complexity index is 106. The molecule has 0 aromatic carbocycles. The molecule has 0 rings (SSSR count). The van der Waals surface area contributed by atoms with Gasteiger partial charge in [-0.25, -0.2) is 0 Å². The van der Waals surface area contributed by atoms with Crippen LogP contribution in [0.25, 0.3) is 0 Å². The number of ether oxygens (including phenoxy) is 2. The van der Waals surface area contributed by atoms with E-state index in [4.69, 9.17) is 21.1 Å². The number of alkyl halides is 1. The molecule has 0 aromatic heterocycles. The van der Waals surface area contributed by atoms with Crippen molar-refractivity contribution in [1.29, 1.82) is 0 Å². The van der Waals surface area contributed by atoms with E-state index in [1.54, 1.807) is 0 Å². The fourth-order valence-corrected chi connectivity index (χ4v) is 0.662. The molecule has 4 heteroatoms. The predicted molar refractivity (Wildman–Crippen MR) is 42.8 cm³/mol. The molecule has 11 heavy (non-hydrogen) atoms. The maximum atomic E-state index is 10.6. The average Bonchev–Trinajstić information content (AvgIpc) is 1.99. The van der Waals surface area contributed by atoms with Crippen molar-refractivity contribution in [2.75, 3.05) is 25.7 Å². The van der Waals surface area contributed by atoms with Gasteiger partial charge >= 0.3 is 5.97 Å². The SMILES string of the molecule is CCOCCOC(=O)CCCl. The molecular weight excluding hydrogens is 168 g/mol. The Morgan fingerprint density at radius 1 is 1.45 bits per heavy atom. The zero-order valence-corrected chi connectivity index (χ0v) is 7.39. The molecule has 66 valence electrons. The summed E-state index contributed by atoms with van der Waals surface area (Å²) in [6.07, 6.45) is 0.272. The van der Waals surface area contributed by atoms with Gasteiger partial charge in [0.15, 0.2) is 0 Å². The van der Waals surface area contributed by atoms with E-state index in [0.29, 0.717) is 25.7 Å². The van der Waals surface area contributed by atoms with E-state index in [2.05, 4.69) is 0 Å². The Morgan fingerprint density at radius 2 is 2.18 bits per heavy atom. The molecule has 0 bridgehead atoms. The first-order valence-corrected chi connectivity index (χ1v) is 4.14. The summed E-state index contributed by atoms with van der Waals surface area (Å²) in [5.74, 6) is 0.0488. The van der Waals surface area contributed by atoms with Gasteiger partial charge < -0.3 is 9.47 Å². The molecular formula is C7H13ClO3. The first kappa shape index (κ1) is 10.7. The summed E-state index contributed by atoms with van der Waals surface area (Å²) < 4.78 is 9.69. The van der Waals surface area contributed by atoms with Crippen molar-refractivity contribution >= 4 is 17.6 Å². The van der Waals surface area contributed by atoms with E-state index < -0.39 is 0 Å². The van der Waals surface area contributed by atoms with Gasteiger partial charge in [-0.2, -0.15) is 0 Å². The fraction of sp³-hybridized carbons (Fsp3) is 0.857. The Balaban J connectivity index is 3.04. The van der Waals surface area contributed by atoms with Crippen LogP contribution in [0.3, 0.4) is 0 Å². The summed E-state index contributed by atoms with van der Waals surface area (Å²) in [5.41, 5.74) is 0. The minimum absolute atomic E-state index is 0.264. The lowest BCUT2D eigenvalue weighted by Gasteiger charge is -2.02. The zero-order valence-electron chi connectivity index (χ0n) is 6.64. The third kappa shape index (κ3) is 7.62. The van der Waals surface area contributed by atoms with Gasteiger partial charge in [0.25, 0.3) is 0 Å². The molecule has 0 aliphatic carbocycles. The molecule has 0 aromatic rings. The molecule has 0 aliphatic heterocycles. The molecule has 0 amide bonds. The minimum Gasteiger partial charge on any atom is -0.463 e. The van der Waals surface area contributed by atoms with Crippen LogP contribution in [0.2, 0.25) is 0 Å². The summed E-state index contributed by atoms with van der Waals surface area (Å²) in [6.45, 7) is 3.32. The molecule has 0 fully saturated rings. The number of hydrogen-bond donors (Lipinski definition) is 0. The van der Waals surface area contributed by atoms with Gasteiger partial charge in [0.1, 0.15) is 6.61 Å². The second kappa shape index (κ2) is 7.82. The Labute approximate surface area is 71.6 Å². The lowest BCUT2D eigenvalue weighted by Crippen LogP contribution is -2.10. The maximum absolute atomic E-state index is 10.6. The minimum atomic E-state index is -0.264. The van der Waals surface area contributed by atoms with E-state index >= 15 is 0 Å². The van der Waals surface area contributed by atoms with Crippen LogP contribution in [0.1, 0.15) is 13.3 Å². The Hall–Kier alpha value is -0.280. The Morgan fingerprint density at radius 3 is 2.73 bits per heavy atom. The van der Waals surface area contributed by atoms with Crippen molar-refractivity contribution in [2.24, 2.45) is 0 Å².